The molecule has 0 bridgehead atoms. The Hall–Kier alpha value is -3.22. The standard InChI is InChI=1S/C21H20F2N2O3/c1-12(2)11-25-20(26)18(14-6-4-5-7-17(14)28-3)19(21(25)27)24-13-8-9-15(22)16(23)10-13/h4-10,12,24H,11H2,1-3H3. The fraction of sp³-hybridized carbons (Fsp3) is 0.238. The first kappa shape index (κ1) is 19.5. The lowest BCUT2D eigenvalue weighted by molar-refractivity contribution is -0.137. The van der Waals surface area contributed by atoms with E-state index in [2.05, 4.69) is 5.32 Å². The summed E-state index contributed by atoms with van der Waals surface area (Å²) < 4.78 is 32.2. The molecule has 7 heteroatoms. The third-order valence-corrected chi connectivity index (χ3v) is 4.28. The molecule has 1 aliphatic heterocycles. The van der Waals surface area contributed by atoms with E-state index in [9.17, 15) is 18.4 Å². The van der Waals surface area contributed by atoms with Crippen LogP contribution in [0.4, 0.5) is 14.5 Å². The summed E-state index contributed by atoms with van der Waals surface area (Å²) in [6.07, 6.45) is 0. The molecule has 1 N–H and O–H groups in total. The van der Waals surface area contributed by atoms with Gasteiger partial charge in [0.15, 0.2) is 11.6 Å². The number of imide groups is 1. The Bertz CT molecular complexity index is 970. The first-order valence-electron chi connectivity index (χ1n) is 8.79. The molecule has 0 atom stereocenters. The summed E-state index contributed by atoms with van der Waals surface area (Å²) in [6.45, 7) is 4.02. The molecule has 5 nitrogen and oxygen atoms in total. The number of halogens is 2. The molecule has 2 aromatic carbocycles. The van der Waals surface area contributed by atoms with Crippen LogP contribution in [0.5, 0.6) is 5.75 Å². The second-order valence-corrected chi connectivity index (χ2v) is 6.82. The van der Waals surface area contributed by atoms with Gasteiger partial charge in [-0.3, -0.25) is 14.5 Å². The molecule has 0 aliphatic carbocycles. The fourth-order valence-corrected chi connectivity index (χ4v) is 3.04. The van der Waals surface area contributed by atoms with Crippen molar-refractivity contribution >= 4 is 23.1 Å². The number of nitrogens with one attached hydrogen (secondary N) is 1. The molecule has 0 spiro atoms. The molecule has 2 aromatic rings. The van der Waals surface area contributed by atoms with E-state index in [-0.39, 0.29) is 29.4 Å². The van der Waals surface area contributed by atoms with Gasteiger partial charge < -0.3 is 10.1 Å². The summed E-state index contributed by atoms with van der Waals surface area (Å²) in [5.74, 6) is -2.55. The molecule has 0 fully saturated rings. The van der Waals surface area contributed by atoms with Crippen LogP contribution >= 0.6 is 0 Å². The number of para-hydroxylation sites is 1. The summed E-state index contributed by atoms with van der Waals surface area (Å²) >= 11 is 0. The number of methoxy groups -OCH3 is 1. The SMILES string of the molecule is COc1ccccc1C1=C(Nc2ccc(F)c(F)c2)C(=O)N(CC(C)C)C1=O. The van der Waals surface area contributed by atoms with E-state index in [1.54, 1.807) is 24.3 Å². The summed E-state index contributed by atoms with van der Waals surface area (Å²) in [6, 6.07) is 10.0. The number of nitrogens with zero attached hydrogens (tertiary/aromatic N) is 1. The van der Waals surface area contributed by atoms with Crippen molar-refractivity contribution < 1.29 is 23.1 Å². The predicted octanol–water partition coefficient (Wildman–Crippen LogP) is 3.82. The molecule has 0 unspecified atom stereocenters. The molecular weight excluding hydrogens is 366 g/mol. The summed E-state index contributed by atoms with van der Waals surface area (Å²) in [4.78, 5) is 27.2. The molecule has 2 amide bonds. The Balaban J connectivity index is 2.12. The van der Waals surface area contributed by atoms with Gasteiger partial charge in [0.25, 0.3) is 11.8 Å². The van der Waals surface area contributed by atoms with Gasteiger partial charge in [-0.2, -0.15) is 0 Å². The van der Waals surface area contributed by atoms with Gasteiger partial charge >= 0.3 is 0 Å². The highest BCUT2D eigenvalue weighted by molar-refractivity contribution is 6.37. The highest BCUT2D eigenvalue weighted by atomic mass is 19.2. The Kier molecular flexibility index (Phi) is 5.44. The molecule has 146 valence electrons. The second-order valence-electron chi connectivity index (χ2n) is 6.82. The monoisotopic (exact) mass is 386 g/mol. The summed E-state index contributed by atoms with van der Waals surface area (Å²) in [5, 5.41) is 2.80. The van der Waals surface area contributed by atoms with E-state index < -0.39 is 23.4 Å². The lowest BCUT2D eigenvalue weighted by Gasteiger charge is -2.17. The predicted molar refractivity (Wildman–Crippen MR) is 101 cm³/mol. The van der Waals surface area contributed by atoms with Crippen LogP contribution in [-0.2, 0) is 9.59 Å². The van der Waals surface area contributed by atoms with Crippen molar-refractivity contribution in [2.24, 2.45) is 5.92 Å². The third kappa shape index (κ3) is 3.60. The lowest BCUT2D eigenvalue weighted by atomic mass is 10.0. The van der Waals surface area contributed by atoms with Crippen LogP contribution in [0.25, 0.3) is 5.57 Å². The van der Waals surface area contributed by atoms with Gasteiger partial charge in [-0.05, 0) is 24.1 Å². The second kappa shape index (κ2) is 7.80. The van der Waals surface area contributed by atoms with Crippen molar-refractivity contribution in [1.29, 1.82) is 0 Å². The lowest BCUT2D eigenvalue weighted by Crippen LogP contribution is -2.35. The van der Waals surface area contributed by atoms with E-state index >= 15 is 0 Å². The van der Waals surface area contributed by atoms with E-state index in [4.69, 9.17) is 4.74 Å². The minimum Gasteiger partial charge on any atom is -0.496 e. The van der Waals surface area contributed by atoms with Gasteiger partial charge in [0, 0.05) is 23.9 Å². The third-order valence-electron chi connectivity index (χ3n) is 4.28. The summed E-state index contributed by atoms with van der Waals surface area (Å²) in [7, 11) is 1.47. The highest BCUT2D eigenvalue weighted by Crippen LogP contribution is 2.35. The maximum Gasteiger partial charge on any atom is 0.278 e. The van der Waals surface area contributed by atoms with Crippen molar-refractivity contribution in [2.75, 3.05) is 19.0 Å². The number of carbonyl (C=O) groups excluding carboxylic acids is 2. The Labute approximate surface area is 161 Å². The zero-order chi connectivity index (χ0) is 20.4. The van der Waals surface area contributed by atoms with Crippen LogP contribution in [-0.4, -0.2) is 30.4 Å². The molecular formula is C21H20F2N2O3. The fourth-order valence-electron chi connectivity index (χ4n) is 3.04. The Morgan fingerprint density at radius 2 is 1.75 bits per heavy atom. The van der Waals surface area contributed by atoms with Crippen LogP contribution < -0.4 is 10.1 Å². The zero-order valence-electron chi connectivity index (χ0n) is 15.8. The number of rotatable bonds is 6. The van der Waals surface area contributed by atoms with Crippen molar-refractivity contribution in [3.05, 3.63) is 65.4 Å². The molecule has 1 heterocycles. The van der Waals surface area contributed by atoms with Gasteiger partial charge in [0.2, 0.25) is 0 Å². The van der Waals surface area contributed by atoms with Crippen molar-refractivity contribution in [3.63, 3.8) is 0 Å². The van der Waals surface area contributed by atoms with Crippen molar-refractivity contribution in [2.45, 2.75) is 13.8 Å². The normalized spacial score (nSPS) is 14.3. The van der Waals surface area contributed by atoms with E-state index in [0.29, 0.717) is 11.3 Å². The van der Waals surface area contributed by atoms with Crippen molar-refractivity contribution in [1.82, 2.24) is 4.90 Å². The van der Waals surface area contributed by atoms with Gasteiger partial charge in [0.05, 0.1) is 12.7 Å². The first-order valence-corrected chi connectivity index (χ1v) is 8.79. The van der Waals surface area contributed by atoms with Gasteiger partial charge in [-0.15, -0.1) is 0 Å². The Morgan fingerprint density at radius 1 is 1.04 bits per heavy atom. The quantitative estimate of drug-likeness (QED) is 0.767. The molecule has 28 heavy (non-hydrogen) atoms. The van der Waals surface area contributed by atoms with Crippen LogP contribution in [0.3, 0.4) is 0 Å². The average molecular weight is 386 g/mol. The topological polar surface area (TPSA) is 58.6 Å². The molecule has 3 rings (SSSR count). The van der Waals surface area contributed by atoms with Crippen LogP contribution in [0, 0.1) is 17.6 Å². The van der Waals surface area contributed by atoms with Crippen LogP contribution in [0.2, 0.25) is 0 Å². The zero-order valence-corrected chi connectivity index (χ0v) is 15.8. The van der Waals surface area contributed by atoms with Crippen molar-refractivity contribution in [3.8, 4) is 5.75 Å². The maximum absolute atomic E-state index is 13.6. The highest BCUT2D eigenvalue weighted by Gasteiger charge is 2.40. The number of benzene rings is 2. The van der Waals surface area contributed by atoms with E-state index in [1.165, 1.54) is 13.2 Å². The number of anilines is 1. The van der Waals surface area contributed by atoms with Gasteiger partial charge in [-0.1, -0.05) is 32.0 Å². The summed E-state index contributed by atoms with van der Waals surface area (Å²) in [5.41, 5.74) is 0.738. The largest absolute Gasteiger partial charge is 0.496 e. The molecule has 0 saturated heterocycles. The smallest absolute Gasteiger partial charge is 0.278 e. The van der Waals surface area contributed by atoms with Crippen LogP contribution in [0.15, 0.2) is 48.2 Å². The molecule has 0 radical (unpaired) electrons. The number of hydrogen-bond acceptors (Lipinski definition) is 4. The molecule has 1 aliphatic rings. The minimum atomic E-state index is -1.06. The van der Waals surface area contributed by atoms with Crippen LogP contribution in [0.1, 0.15) is 19.4 Å². The minimum absolute atomic E-state index is 0.00107. The number of amides is 2. The number of ether oxygens (including phenoxy) is 1. The van der Waals surface area contributed by atoms with E-state index in [0.717, 1.165) is 17.0 Å². The van der Waals surface area contributed by atoms with E-state index in [1.807, 2.05) is 13.8 Å². The number of hydrogen-bond donors (Lipinski definition) is 1. The number of carbonyl (C=O) groups is 2. The molecule has 0 aromatic heterocycles. The van der Waals surface area contributed by atoms with Gasteiger partial charge in [-0.25, -0.2) is 8.78 Å². The van der Waals surface area contributed by atoms with Gasteiger partial charge in [0.1, 0.15) is 11.4 Å². The molecule has 0 saturated carbocycles. The Morgan fingerprint density at radius 3 is 2.39 bits per heavy atom. The first-order chi connectivity index (χ1) is 13.3. The average Bonchev–Trinajstić information content (AvgIpc) is 2.88. The maximum atomic E-state index is 13.6.